The van der Waals surface area contributed by atoms with Gasteiger partial charge in [0.05, 0.1) is 0 Å². The number of nitrogens with two attached hydrogens (primary N) is 1. The normalized spacial score (nSPS) is 12.5. The molecular formula is C14H11Br2F2N. The second-order valence-corrected chi connectivity index (χ2v) is 6.08. The van der Waals surface area contributed by atoms with E-state index in [1.165, 1.54) is 12.1 Å². The summed E-state index contributed by atoms with van der Waals surface area (Å²) in [5, 5.41) is 0. The molecule has 0 aliphatic carbocycles. The van der Waals surface area contributed by atoms with E-state index in [9.17, 15) is 8.78 Å². The van der Waals surface area contributed by atoms with E-state index >= 15 is 0 Å². The van der Waals surface area contributed by atoms with Crippen molar-refractivity contribution in [1.29, 1.82) is 0 Å². The fourth-order valence-electron chi connectivity index (χ4n) is 1.83. The summed E-state index contributed by atoms with van der Waals surface area (Å²) in [6, 6.07) is 8.86. The Morgan fingerprint density at radius 3 is 2.21 bits per heavy atom. The van der Waals surface area contributed by atoms with Crippen LogP contribution in [-0.4, -0.2) is 0 Å². The van der Waals surface area contributed by atoms with Crippen molar-refractivity contribution in [1.82, 2.24) is 0 Å². The molecular weight excluding hydrogens is 380 g/mol. The molecule has 0 aliphatic rings. The van der Waals surface area contributed by atoms with Gasteiger partial charge in [0.2, 0.25) is 0 Å². The first kappa shape index (κ1) is 14.6. The Bertz CT molecular complexity index is 582. The Labute approximate surface area is 127 Å². The Kier molecular flexibility index (Phi) is 4.71. The van der Waals surface area contributed by atoms with Crippen LogP contribution >= 0.6 is 31.9 Å². The topological polar surface area (TPSA) is 26.0 Å². The second-order valence-electron chi connectivity index (χ2n) is 4.25. The number of halogens is 4. The first-order valence-corrected chi connectivity index (χ1v) is 7.20. The lowest BCUT2D eigenvalue weighted by molar-refractivity contribution is 0.563. The summed E-state index contributed by atoms with van der Waals surface area (Å²) in [5.74, 6) is -1.15. The molecule has 0 saturated carbocycles. The monoisotopic (exact) mass is 389 g/mol. The minimum atomic E-state index is -0.583. The maximum Gasteiger partial charge on any atom is 0.129 e. The van der Waals surface area contributed by atoms with Crippen molar-refractivity contribution in [3.63, 3.8) is 0 Å². The van der Waals surface area contributed by atoms with E-state index in [1.54, 1.807) is 0 Å². The summed E-state index contributed by atoms with van der Waals surface area (Å²) < 4.78 is 28.2. The molecule has 0 saturated heterocycles. The second kappa shape index (κ2) is 6.11. The van der Waals surface area contributed by atoms with Crippen LogP contribution in [0.4, 0.5) is 8.78 Å². The van der Waals surface area contributed by atoms with Crippen molar-refractivity contribution in [2.45, 2.75) is 12.5 Å². The van der Waals surface area contributed by atoms with E-state index in [4.69, 9.17) is 5.73 Å². The van der Waals surface area contributed by atoms with E-state index in [0.29, 0.717) is 12.0 Å². The molecule has 0 heterocycles. The highest BCUT2D eigenvalue weighted by molar-refractivity contribution is 9.11. The molecule has 1 nitrogen and oxygen atoms in total. The van der Waals surface area contributed by atoms with Gasteiger partial charge in [-0.05, 0) is 41.8 Å². The lowest BCUT2D eigenvalue weighted by atomic mass is 9.99. The van der Waals surface area contributed by atoms with E-state index in [0.717, 1.165) is 20.6 Å². The lowest BCUT2D eigenvalue weighted by Gasteiger charge is -2.14. The fraction of sp³-hybridized carbons (Fsp3) is 0.143. The standard InChI is InChI=1S/C14H11Br2F2N/c15-10-3-9(4-11(16)6-10)14(19)5-8-1-2-12(17)7-13(8)18/h1-4,6-7,14H,5,19H2. The van der Waals surface area contributed by atoms with Gasteiger partial charge in [-0.15, -0.1) is 0 Å². The van der Waals surface area contributed by atoms with Gasteiger partial charge in [-0.1, -0.05) is 37.9 Å². The number of rotatable bonds is 3. The summed E-state index contributed by atoms with van der Waals surface area (Å²) in [7, 11) is 0. The first-order valence-electron chi connectivity index (χ1n) is 5.61. The van der Waals surface area contributed by atoms with E-state index in [1.807, 2.05) is 18.2 Å². The van der Waals surface area contributed by atoms with Crippen molar-refractivity contribution >= 4 is 31.9 Å². The molecule has 0 aromatic heterocycles. The Balaban J connectivity index is 2.22. The summed E-state index contributed by atoms with van der Waals surface area (Å²) in [5.41, 5.74) is 7.36. The minimum Gasteiger partial charge on any atom is -0.324 e. The van der Waals surface area contributed by atoms with Gasteiger partial charge in [-0.3, -0.25) is 0 Å². The fourth-order valence-corrected chi connectivity index (χ4v) is 3.16. The van der Waals surface area contributed by atoms with Crippen molar-refractivity contribution in [3.05, 3.63) is 68.1 Å². The van der Waals surface area contributed by atoms with Gasteiger partial charge in [-0.25, -0.2) is 8.78 Å². The van der Waals surface area contributed by atoms with Crippen LogP contribution in [0.25, 0.3) is 0 Å². The maximum atomic E-state index is 13.6. The van der Waals surface area contributed by atoms with Gasteiger partial charge in [0, 0.05) is 21.1 Å². The van der Waals surface area contributed by atoms with Crippen molar-refractivity contribution in [2.24, 2.45) is 5.73 Å². The molecule has 1 atom stereocenters. The molecule has 0 fully saturated rings. The molecule has 0 amide bonds. The van der Waals surface area contributed by atoms with Gasteiger partial charge in [0.15, 0.2) is 0 Å². The summed E-state index contributed by atoms with van der Waals surface area (Å²) in [4.78, 5) is 0. The Hall–Kier alpha value is -0.780. The number of benzene rings is 2. The zero-order valence-electron chi connectivity index (χ0n) is 9.84. The van der Waals surface area contributed by atoms with Crippen molar-refractivity contribution in [2.75, 3.05) is 0 Å². The molecule has 2 aromatic rings. The minimum absolute atomic E-state index is 0.314. The summed E-state index contributed by atoms with van der Waals surface area (Å²) in [6.45, 7) is 0. The molecule has 19 heavy (non-hydrogen) atoms. The third-order valence-electron chi connectivity index (χ3n) is 2.77. The van der Waals surface area contributed by atoms with Crippen LogP contribution in [0.15, 0.2) is 45.3 Å². The SMILES string of the molecule is NC(Cc1ccc(F)cc1F)c1cc(Br)cc(Br)c1. The molecule has 1 unspecified atom stereocenters. The van der Waals surface area contributed by atoms with Gasteiger partial charge < -0.3 is 5.73 Å². The van der Waals surface area contributed by atoms with Crippen LogP contribution in [0, 0.1) is 11.6 Å². The average Bonchev–Trinajstić information content (AvgIpc) is 2.31. The molecule has 2 aromatic carbocycles. The van der Waals surface area contributed by atoms with Crippen molar-refractivity contribution in [3.8, 4) is 0 Å². The zero-order chi connectivity index (χ0) is 14.0. The average molecular weight is 391 g/mol. The van der Waals surface area contributed by atoms with Gasteiger partial charge >= 0.3 is 0 Å². The summed E-state index contributed by atoms with van der Waals surface area (Å²) >= 11 is 6.76. The van der Waals surface area contributed by atoms with Crippen LogP contribution in [-0.2, 0) is 6.42 Å². The largest absolute Gasteiger partial charge is 0.324 e. The third-order valence-corrected chi connectivity index (χ3v) is 3.68. The van der Waals surface area contributed by atoms with E-state index in [-0.39, 0.29) is 6.04 Å². The van der Waals surface area contributed by atoms with Crippen LogP contribution < -0.4 is 5.73 Å². The van der Waals surface area contributed by atoms with Crippen LogP contribution in [0.3, 0.4) is 0 Å². The van der Waals surface area contributed by atoms with Gasteiger partial charge in [0.25, 0.3) is 0 Å². The van der Waals surface area contributed by atoms with E-state index in [2.05, 4.69) is 31.9 Å². The highest BCUT2D eigenvalue weighted by Crippen LogP contribution is 2.25. The maximum absolute atomic E-state index is 13.6. The Morgan fingerprint density at radius 1 is 1.00 bits per heavy atom. The van der Waals surface area contributed by atoms with Gasteiger partial charge in [0.1, 0.15) is 11.6 Å². The lowest BCUT2D eigenvalue weighted by Crippen LogP contribution is -2.14. The predicted octanol–water partition coefficient (Wildman–Crippen LogP) is 4.73. The van der Waals surface area contributed by atoms with Crippen LogP contribution in [0.5, 0.6) is 0 Å². The molecule has 5 heteroatoms. The quantitative estimate of drug-likeness (QED) is 0.805. The number of hydrogen-bond acceptors (Lipinski definition) is 1. The Morgan fingerprint density at radius 2 is 1.63 bits per heavy atom. The first-order chi connectivity index (χ1) is 8.95. The molecule has 2 rings (SSSR count). The molecule has 0 aliphatic heterocycles. The molecule has 0 bridgehead atoms. The predicted molar refractivity (Wildman–Crippen MR) is 78.8 cm³/mol. The molecule has 0 radical (unpaired) electrons. The molecule has 100 valence electrons. The van der Waals surface area contributed by atoms with E-state index < -0.39 is 11.6 Å². The van der Waals surface area contributed by atoms with Crippen LogP contribution in [0.2, 0.25) is 0 Å². The smallest absolute Gasteiger partial charge is 0.129 e. The molecule has 0 spiro atoms. The summed E-state index contributed by atoms with van der Waals surface area (Å²) in [6.07, 6.45) is 0.314. The van der Waals surface area contributed by atoms with Gasteiger partial charge in [-0.2, -0.15) is 0 Å². The highest BCUT2D eigenvalue weighted by Gasteiger charge is 2.12. The van der Waals surface area contributed by atoms with Crippen LogP contribution in [0.1, 0.15) is 17.2 Å². The highest BCUT2D eigenvalue weighted by atomic mass is 79.9. The third kappa shape index (κ3) is 3.84. The van der Waals surface area contributed by atoms with Crippen molar-refractivity contribution < 1.29 is 8.78 Å². The number of hydrogen-bond donors (Lipinski definition) is 1. The molecule has 2 N–H and O–H groups in total. The zero-order valence-corrected chi connectivity index (χ0v) is 13.0.